The van der Waals surface area contributed by atoms with E-state index >= 15 is 0 Å². The van der Waals surface area contributed by atoms with Crippen LogP contribution < -0.4 is 26.3 Å². The van der Waals surface area contributed by atoms with E-state index in [4.69, 9.17) is 20.9 Å². The molecule has 11 heteroatoms. The number of nitrogens with zero attached hydrogens (tertiary/aromatic N) is 2. The number of anilines is 3. The summed E-state index contributed by atoms with van der Waals surface area (Å²) in [6, 6.07) is 16.6. The molecule has 46 heavy (non-hydrogen) atoms. The number of rotatable bonds is 11. The van der Waals surface area contributed by atoms with Crippen LogP contribution in [0.4, 0.5) is 17.2 Å². The number of ether oxygens (including phenoxy) is 2. The molecule has 10 nitrogen and oxygen atoms in total. The van der Waals surface area contributed by atoms with E-state index in [1.807, 2.05) is 63.2 Å². The number of carbonyl (C=O) groups is 1. The number of nitrogens with one attached hydrogen (secondary N) is 1. The number of carbonyl (C=O) groups excluding carboxylic acids is 1. The van der Waals surface area contributed by atoms with Crippen molar-refractivity contribution in [1.29, 1.82) is 0 Å². The molecule has 0 bridgehead atoms. The molecule has 244 valence electrons. The predicted octanol–water partition coefficient (Wildman–Crippen LogP) is 6.28. The van der Waals surface area contributed by atoms with E-state index in [0.29, 0.717) is 65.8 Å². The Morgan fingerprint density at radius 2 is 1.80 bits per heavy atom. The normalized spacial score (nSPS) is 15.8. The van der Waals surface area contributed by atoms with E-state index in [2.05, 4.69) is 10.3 Å². The van der Waals surface area contributed by atoms with Crippen LogP contribution in [0.3, 0.4) is 0 Å². The third kappa shape index (κ3) is 6.69. The fourth-order valence-corrected chi connectivity index (χ4v) is 7.22. The summed E-state index contributed by atoms with van der Waals surface area (Å²) >= 11 is 0. The molecule has 5 rings (SSSR count). The second-order valence-corrected chi connectivity index (χ2v) is 14.6. The van der Waals surface area contributed by atoms with Gasteiger partial charge in [0.1, 0.15) is 11.9 Å². The Morgan fingerprint density at radius 3 is 2.52 bits per heavy atom. The number of nitrogens with two attached hydrogens (primary N) is 2. The van der Waals surface area contributed by atoms with Crippen LogP contribution in [0.15, 0.2) is 71.8 Å². The van der Waals surface area contributed by atoms with Crippen molar-refractivity contribution >= 4 is 43.7 Å². The number of hydrogen-bond donors (Lipinski definition) is 3. The lowest BCUT2D eigenvalue weighted by Gasteiger charge is -2.32. The molecular formula is C35H43N5O5S. The minimum absolute atomic E-state index is 0.0693. The summed E-state index contributed by atoms with van der Waals surface area (Å²) in [7, 11) is -3.64. The number of nitrogen functional groups attached to an aromatic ring is 2. The summed E-state index contributed by atoms with van der Waals surface area (Å²) in [6.45, 7) is 9.97. The molecule has 1 fully saturated rings. The maximum atomic E-state index is 14.7. The standard InChI is InChI=1S/C35H43N5O5S/c1-6-44-31-19-24(9-13-30(31)45-21(2)3)33(39-26-11-12-27-23(18-26)15-16-38-34(27)37)35(41)40-17-7-8-29(40)28-20-25(36)10-14-32(28)46(42,43)22(4)5/h9-16,18-22,29,33,39H,6-8,17,36H2,1-5H3,(H2,37,38). The zero-order valence-corrected chi connectivity index (χ0v) is 27.8. The summed E-state index contributed by atoms with van der Waals surface area (Å²) in [5, 5.41) is 4.53. The lowest BCUT2D eigenvalue weighted by atomic mass is 10.0. The van der Waals surface area contributed by atoms with Crippen molar-refractivity contribution in [3.05, 3.63) is 78.0 Å². The van der Waals surface area contributed by atoms with Crippen molar-refractivity contribution in [1.82, 2.24) is 9.88 Å². The second kappa shape index (κ2) is 13.5. The van der Waals surface area contributed by atoms with Crippen molar-refractivity contribution in [2.75, 3.05) is 29.9 Å². The van der Waals surface area contributed by atoms with E-state index in [1.165, 1.54) is 0 Å². The number of likely N-dealkylation sites (tertiary alicyclic amines) is 1. The Hall–Kier alpha value is -4.51. The highest BCUT2D eigenvalue weighted by atomic mass is 32.2. The average molecular weight is 646 g/mol. The molecule has 1 aliphatic rings. The fraction of sp³-hybridized carbons (Fsp3) is 0.371. The number of hydrogen-bond acceptors (Lipinski definition) is 9. The Labute approximate surface area is 271 Å². The smallest absolute Gasteiger partial charge is 0.250 e. The zero-order chi connectivity index (χ0) is 33.2. The topological polar surface area (TPSA) is 150 Å². The van der Waals surface area contributed by atoms with Crippen LogP contribution in [-0.2, 0) is 14.6 Å². The van der Waals surface area contributed by atoms with Gasteiger partial charge in [0.25, 0.3) is 0 Å². The molecule has 4 aromatic rings. The molecule has 2 heterocycles. The number of pyridine rings is 1. The third-order valence-electron chi connectivity index (χ3n) is 8.17. The number of fused-ring (bicyclic) bond motifs is 1. The van der Waals surface area contributed by atoms with Crippen molar-refractivity contribution in [2.45, 2.75) is 75.8 Å². The first-order chi connectivity index (χ1) is 21.9. The minimum atomic E-state index is -3.64. The summed E-state index contributed by atoms with van der Waals surface area (Å²) in [5.41, 5.74) is 14.7. The molecular weight excluding hydrogens is 602 g/mol. The van der Waals surface area contributed by atoms with Gasteiger partial charge in [0.05, 0.1) is 28.9 Å². The van der Waals surface area contributed by atoms with Gasteiger partial charge in [-0.05, 0) is 119 Å². The zero-order valence-electron chi connectivity index (χ0n) is 27.0. The van der Waals surface area contributed by atoms with Crippen LogP contribution >= 0.6 is 0 Å². The Kier molecular flexibility index (Phi) is 9.62. The molecule has 3 aromatic carbocycles. The van der Waals surface area contributed by atoms with Crippen LogP contribution in [0.1, 0.15) is 70.7 Å². The fourth-order valence-electron chi connectivity index (χ4n) is 5.93. The first kappa shape index (κ1) is 32.9. The molecule has 0 saturated carbocycles. The third-order valence-corrected chi connectivity index (χ3v) is 10.4. The van der Waals surface area contributed by atoms with E-state index in [-0.39, 0.29) is 16.9 Å². The van der Waals surface area contributed by atoms with Gasteiger partial charge in [0.2, 0.25) is 5.91 Å². The van der Waals surface area contributed by atoms with E-state index < -0.39 is 27.2 Å². The van der Waals surface area contributed by atoms with Crippen LogP contribution in [0, 0.1) is 0 Å². The summed E-state index contributed by atoms with van der Waals surface area (Å²) in [5.74, 6) is 1.34. The molecule has 0 aliphatic carbocycles. The van der Waals surface area contributed by atoms with Gasteiger partial charge in [-0.3, -0.25) is 4.79 Å². The lowest BCUT2D eigenvalue weighted by Crippen LogP contribution is -2.38. The quantitative estimate of drug-likeness (QED) is 0.160. The Balaban J connectivity index is 1.60. The predicted molar refractivity (Wildman–Crippen MR) is 183 cm³/mol. The van der Waals surface area contributed by atoms with Crippen LogP contribution in [-0.4, -0.2) is 48.7 Å². The largest absolute Gasteiger partial charge is 0.490 e. The van der Waals surface area contributed by atoms with Gasteiger partial charge >= 0.3 is 0 Å². The lowest BCUT2D eigenvalue weighted by molar-refractivity contribution is -0.133. The summed E-state index contributed by atoms with van der Waals surface area (Å²) < 4.78 is 38.8. The number of amides is 1. The Bertz CT molecular complexity index is 1840. The second-order valence-electron chi connectivity index (χ2n) is 12.1. The van der Waals surface area contributed by atoms with E-state index in [9.17, 15) is 13.2 Å². The summed E-state index contributed by atoms with van der Waals surface area (Å²) in [6.07, 6.45) is 2.90. The van der Waals surface area contributed by atoms with Crippen molar-refractivity contribution < 1.29 is 22.7 Å². The van der Waals surface area contributed by atoms with Crippen LogP contribution in [0.2, 0.25) is 0 Å². The van der Waals surface area contributed by atoms with Crippen LogP contribution in [0.25, 0.3) is 10.8 Å². The van der Waals surface area contributed by atoms with Gasteiger partial charge in [0, 0.05) is 29.5 Å². The molecule has 0 spiro atoms. The molecule has 1 aromatic heterocycles. The minimum Gasteiger partial charge on any atom is -0.490 e. The van der Waals surface area contributed by atoms with Crippen molar-refractivity contribution in [3.8, 4) is 11.5 Å². The van der Waals surface area contributed by atoms with E-state index in [1.54, 1.807) is 43.1 Å². The average Bonchev–Trinajstić information content (AvgIpc) is 3.50. The number of benzene rings is 3. The van der Waals surface area contributed by atoms with Crippen LogP contribution in [0.5, 0.6) is 11.5 Å². The van der Waals surface area contributed by atoms with Gasteiger partial charge in [-0.25, -0.2) is 13.4 Å². The van der Waals surface area contributed by atoms with Crippen molar-refractivity contribution in [2.24, 2.45) is 0 Å². The van der Waals surface area contributed by atoms with Gasteiger partial charge in [0.15, 0.2) is 21.3 Å². The first-order valence-corrected chi connectivity index (χ1v) is 17.2. The Morgan fingerprint density at radius 1 is 1.02 bits per heavy atom. The highest BCUT2D eigenvalue weighted by Gasteiger charge is 2.38. The SMILES string of the molecule is CCOc1cc(C(Nc2ccc3c(N)nccc3c2)C(=O)N2CCCC2c2cc(N)ccc2S(=O)(=O)C(C)C)ccc1OC(C)C. The molecule has 1 saturated heterocycles. The molecule has 2 atom stereocenters. The monoisotopic (exact) mass is 645 g/mol. The van der Waals surface area contributed by atoms with Crippen molar-refractivity contribution in [3.63, 3.8) is 0 Å². The molecule has 2 unspecified atom stereocenters. The van der Waals surface area contributed by atoms with Gasteiger partial charge in [-0.2, -0.15) is 0 Å². The molecule has 1 aliphatic heterocycles. The molecule has 1 amide bonds. The first-order valence-electron chi connectivity index (χ1n) is 15.7. The summed E-state index contributed by atoms with van der Waals surface area (Å²) in [4.78, 5) is 20.9. The van der Waals surface area contributed by atoms with Gasteiger partial charge in [-0.1, -0.05) is 6.07 Å². The van der Waals surface area contributed by atoms with Gasteiger partial charge < -0.3 is 31.2 Å². The highest BCUT2D eigenvalue weighted by molar-refractivity contribution is 7.92. The molecule has 0 radical (unpaired) electrons. The van der Waals surface area contributed by atoms with E-state index in [0.717, 1.165) is 10.8 Å². The number of sulfone groups is 1. The number of aromatic nitrogens is 1. The maximum Gasteiger partial charge on any atom is 0.250 e. The highest BCUT2D eigenvalue weighted by Crippen LogP contribution is 2.41. The molecule has 5 N–H and O–H groups in total. The maximum absolute atomic E-state index is 14.7. The van der Waals surface area contributed by atoms with Gasteiger partial charge in [-0.15, -0.1) is 0 Å².